The van der Waals surface area contributed by atoms with Crippen LogP contribution in [0, 0.1) is 11.8 Å². The van der Waals surface area contributed by atoms with Crippen LogP contribution in [-0.4, -0.2) is 24.2 Å². The molecule has 0 amide bonds. The van der Waals surface area contributed by atoms with E-state index in [2.05, 4.69) is 23.7 Å². The van der Waals surface area contributed by atoms with Gasteiger partial charge in [-0.2, -0.15) is 5.10 Å². The van der Waals surface area contributed by atoms with Gasteiger partial charge in [0.1, 0.15) is 4.90 Å². The number of hydrogen-bond donors (Lipinski definition) is 2. The Hall–Kier alpha value is -1.08. The Morgan fingerprint density at radius 2 is 2.15 bits per heavy atom. The van der Waals surface area contributed by atoms with E-state index < -0.39 is 10.0 Å². The zero-order valence-electron chi connectivity index (χ0n) is 12.3. The van der Waals surface area contributed by atoms with Gasteiger partial charge in [-0.1, -0.05) is 20.8 Å². The Balaban J connectivity index is 2.18. The zero-order chi connectivity index (χ0) is 14.9. The molecule has 1 heterocycles. The fourth-order valence-corrected chi connectivity index (χ4v) is 4.20. The second-order valence-corrected chi connectivity index (χ2v) is 7.47. The lowest BCUT2D eigenvalue weighted by molar-refractivity contribution is 0.402. The smallest absolute Gasteiger partial charge is 0.246 e. The van der Waals surface area contributed by atoms with Crippen molar-refractivity contribution in [3.05, 3.63) is 6.20 Å². The topological polar surface area (TPSA) is 90.0 Å². The molecule has 3 unspecified atom stereocenters. The molecular weight excluding hydrogens is 276 g/mol. The van der Waals surface area contributed by atoms with E-state index in [9.17, 15) is 8.42 Å². The number of aryl methyl sites for hydroxylation is 1. The van der Waals surface area contributed by atoms with Crippen LogP contribution in [0.2, 0.25) is 0 Å². The van der Waals surface area contributed by atoms with Crippen LogP contribution >= 0.6 is 0 Å². The van der Waals surface area contributed by atoms with Gasteiger partial charge in [-0.05, 0) is 31.1 Å². The van der Waals surface area contributed by atoms with Crippen LogP contribution in [0.4, 0.5) is 5.82 Å². The molecule has 1 aliphatic carbocycles. The maximum atomic E-state index is 12.4. The summed E-state index contributed by atoms with van der Waals surface area (Å²) in [6, 6.07) is -0.0103. The van der Waals surface area contributed by atoms with E-state index in [0.29, 0.717) is 18.4 Å². The first-order valence-corrected chi connectivity index (χ1v) is 8.68. The molecule has 2 rings (SSSR count). The van der Waals surface area contributed by atoms with Crippen LogP contribution in [0.1, 0.15) is 40.0 Å². The van der Waals surface area contributed by atoms with Crippen molar-refractivity contribution in [3.8, 4) is 0 Å². The monoisotopic (exact) mass is 300 g/mol. The van der Waals surface area contributed by atoms with Crippen LogP contribution in [0.25, 0.3) is 0 Å². The van der Waals surface area contributed by atoms with Gasteiger partial charge < -0.3 is 5.73 Å². The first-order chi connectivity index (χ1) is 9.35. The SMILES string of the molecule is CCCn1cc(S(=O)(=O)NC2CCC(C)C2C)c(N)n1. The van der Waals surface area contributed by atoms with Gasteiger partial charge in [0.15, 0.2) is 5.82 Å². The maximum Gasteiger partial charge on any atom is 0.246 e. The second kappa shape index (κ2) is 5.73. The number of anilines is 1. The molecule has 114 valence electrons. The zero-order valence-corrected chi connectivity index (χ0v) is 13.2. The minimum absolute atomic E-state index is 0.0103. The van der Waals surface area contributed by atoms with Gasteiger partial charge in [0, 0.05) is 18.8 Å². The largest absolute Gasteiger partial charge is 0.381 e. The van der Waals surface area contributed by atoms with E-state index in [4.69, 9.17) is 5.73 Å². The standard InChI is InChI=1S/C13H24N4O2S/c1-4-7-17-8-12(13(14)15-17)20(18,19)16-11-6-5-9(2)10(11)3/h8-11,16H,4-7H2,1-3H3,(H2,14,15). The Kier molecular flexibility index (Phi) is 4.39. The number of nitrogens with zero attached hydrogens (tertiary/aromatic N) is 2. The molecule has 20 heavy (non-hydrogen) atoms. The highest BCUT2D eigenvalue weighted by Gasteiger charge is 2.34. The van der Waals surface area contributed by atoms with Crippen molar-refractivity contribution in [2.24, 2.45) is 11.8 Å². The molecule has 0 spiro atoms. The number of sulfonamides is 1. The summed E-state index contributed by atoms with van der Waals surface area (Å²) in [5.41, 5.74) is 5.74. The fraction of sp³-hybridized carbons (Fsp3) is 0.769. The predicted molar refractivity (Wildman–Crippen MR) is 78.6 cm³/mol. The highest BCUT2D eigenvalue weighted by Crippen LogP contribution is 2.32. The molecule has 6 nitrogen and oxygen atoms in total. The molecule has 1 aromatic rings. The average Bonchev–Trinajstić information content (AvgIpc) is 2.88. The van der Waals surface area contributed by atoms with Crippen LogP contribution in [0.5, 0.6) is 0 Å². The summed E-state index contributed by atoms with van der Waals surface area (Å²) in [6.07, 6.45) is 4.33. The van der Waals surface area contributed by atoms with Crippen molar-refractivity contribution in [1.29, 1.82) is 0 Å². The number of nitrogens with two attached hydrogens (primary N) is 1. The molecular formula is C13H24N4O2S. The van der Waals surface area contributed by atoms with Crippen molar-refractivity contribution in [2.45, 2.75) is 57.5 Å². The van der Waals surface area contributed by atoms with Crippen LogP contribution in [-0.2, 0) is 16.6 Å². The summed E-state index contributed by atoms with van der Waals surface area (Å²) in [6.45, 7) is 6.92. The summed E-state index contributed by atoms with van der Waals surface area (Å²) in [7, 11) is -3.59. The first-order valence-electron chi connectivity index (χ1n) is 7.20. The van der Waals surface area contributed by atoms with E-state index in [1.807, 2.05) is 6.92 Å². The lowest BCUT2D eigenvalue weighted by Crippen LogP contribution is -2.37. The first kappa shape index (κ1) is 15.3. The molecule has 1 aromatic heterocycles. The molecule has 0 aliphatic heterocycles. The van der Waals surface area contributed by atoms with Gasteiger partial charge in [0.25, 0.3) is 0 Å². The molecule has 7 heteroatoms. The maximum absolute atomic E-state index is 12.4. The van der Waals surface area contributed by atoms with Gasteiger partial charge >= 0.3 is 0 Å². The predicted octanol–water partition coefficient (Wildman–Crippen LogP) is 1.59. The molecule has 3 N–H and O–H groups in total. The quantitative estimate of drug-likeness (QED) is 0.864. The lowest BCUT2D eigenvalue weighted by atomic mass is 9.98. The molecule has 0 saturated heterocycles. The summed E-state index contributed by atoms with van der Waals surface area (Å²) in [5, 5.41) is 4.05. The van der Waals surface area contributed by atoms with Crippen LogP contribution < -0.4 is 10.5 Å². The van der Waals surface area contributed by atoms with Crippen molar-refractivity contribution < 1.29 is 8.42 Å². The third-order valence-electron chi connectivity index (χ3n) is 4.27. The van der Waals surface area contributed by atoms with Gasteiger partial charge in [0.05, 0.1) is 0 Å². The Labute approximate surface area is 120 Å². The number of rotatable bonds is 5. The summed E-state index contributed by atoms with van der Waals surface area (Å²) in [5.74, 6) is 0.962. The third kappa shape index (κ3) is 2.98. The molecule has 1 aliphatic rings. The Morgan fingerprint density at radius 1 is 1.45 bits per heavy atom. The van der Waals surface area contributed by atoms with E-state index in [-0.39, 0.29) is 16.8 Å². The number of nitrogen functional groups attached to an aromatic ring is 1. The van der Waals surface area contributed by atoms with Crippen LogP contribution in [0.3, 0.4) is 0 Å². The van der Waals surface area contributed by atoms with Crippen molar-refractivity contribution in [2.75, 3.05) is 5.73 Å². The second-order valence-electron chi connectivity index (χ2n) is 5.78. The Morgan fingerprint density at radius 3 is 2.70 bits per heavy atom. The molecule has 3 atom stereocenters. The lowest BCUT2D eigenvalue weighted by Gasteiger charge is -2.19. The third-order valence-corrected chi connectivity index (χ3v) is 5.78. The highest BCUT2D eigenvalue weighted by molar-refractivity contribution is 7.89. The Bertz CT molecular complexity index is 567. The highest BCUT2D eigenvalue weighted by atomic mass is 32.2. The normalized spacial score (nSPS) is 27.1. The minimum atomic E-state index is -3.59. The molecule has 0 bridgehead atoms. The van der Waals surface area contributed by atoms with Gasteiger partial charge in [0.2, 0.25) is 10.0 Å². The minimum Gasteiger partial charge on any atom is -0.381 e. The number of hydrogen-bond acceptors (Lipinski definition) is 4. The van der Waals surface area contributed by atoms with Crippen molar-refractivity contribution in [1.82, 2.24) is 14.5 Å². The average molecular weight is 300 g/mol. The van der Waals surface area contributed by atoms with E-state index in [0.717, 1.165) is 19.3 Å². The van der Waals surface area contributed by atoms with Crippen molar-refractivity contribution >= 4 is 15.8 Å². The molecule has 0 radical (unpaired) electrons. The van der Waals surface area contributed by atoms with Crippen molar-refractivity contribution in [3.63, 3.8) is 0 Å². The van der Waals surface area contributed by atoms with E-state index >= 15 is 0 Å². The molecule has 0 aromatic carbocycles. The fourth-order valence-electron chi connectivity index (χ4n) is 2.76. The molecule has 1 fully saturated rings. The molecule has 1 saturated carbocycles. The van der Waals surface area contributed by atoms with Gasteiger partial charge in [-0.3, -0.25) is 4.68 Å². The summed E-state index contributed by atoms with van der Waals surface area (Å²) in [4.78, 5) is 0.0951. The summed E-state index contributed by atoms with van der Waals surface area (Å²) < 4.78 is 29.2. The number of aromatic nitrogens is 2. The van der Waals surface area contributed by atoms with Crippen LogP contribution in [0.15, 0.2) is 11.1 Å². The van der Waals surface area contributed by atoms with E-state index in [1.54, 1.807) is 4.68 Å². The summed E-state index contributed by atoms with van der Waals surface area (Å²) >= 11 is 0. The van der Waals surface area contributed by atoms with Gasteiger partial charge in [-0.25, -0.2) is 13.1 Å². The number of nitrogens with one attached hydrogen (secondary N) is 1. The van der Waals surface area contributed by atoms with E-state index in [1.165, 1.54) is 6.20 Å². The van der Waals surface area contributed by atoms with Gasteiger partial charge in [-0.15, -0.1) is 0 Å².